The van der Waals surface area contributed by atoms with Gasteiger partial charge in [-0.3, -0.25) is 14.6 Å². The highest BCUT2D eigenvalue weighted by molar-refractivity contribution is 8.77. The monoisotopic (exact) mass is 789 g/mol. The second-order valence-corrected chi connectivity index (χ2v) is 21.9. The summed E-state index contributed by atoms with van der Waals surface area (Å²) >= 11 is 0. The molecule has 3 heterocycles. The molecule has 0 radical (unpaired) electrons. The van der Waals surface area contributed by atoms with Crippen molar-refractivity contribution in [3.05, 3.63) is 32.6 Å². The Morgan fingerprint density at radius 3 is 2.65 bits per heavy atom. The van der Waals surface area contributed by atoms with E-state index in [1.54, 1.807) is 43.6 Å². The second kappa shape index (κ2) is 18.2. The van der Waals surface area contributed by atoms with Crippen LogP contribution in [-0.2, 0) is 23.4 Å². The van der Waals surface area contributed by atoms with Gasteiger partial charge in [0.2, 0.25) is 5.95 Å². The summed E-state index contributed by atoms with van der Waals surface area (Å²) in [6.45, 7) is 13.9. The molecule has 3 rings (SSSR count). The van der Waals surface area contributed by atoms with Crippen LogP contribution in [-0.4, -0.2) is 110 Å². The molecule has 1 fully saturated rings. The van der Waals surface area contributed by atoms with Crippen LogP contribution < -0.4 is 10.9 Å². The predicted octanol–water partition coefficient (Wildman–Crippen LogP) is 6.07. The molecule has 1 unspecified atom stereocenters. The summed E-state index contributed by atoms with van der Waals surface area (Å²) in [5, 5.41) is 5.59. The molecule has 2 aromatic heterocycles. The lowest BCUT2D eigenvalue weighted by Gasteiger charge is -2.37. The summed E-state index contributed by atoms with van der Waals surface area (Å²) in [6, 6.07) is 0. The van der Waals surface area contributed by atoms with Crippen molar-refractivity contribution < 1.29 is 36.6 Å². The first-order valence-corrected chi connectivity index (χ1v) is 21.4. The highest BCUT2D eigenvalue weighted by Gasteiger charge is 2.43. The lowest BCUT2D eigenvalue weighted by molar-refractivity contribution is -0.173. The number of carbonyl (C=O) groups excluding carboxylic acids is 1. The van der Waals surface area contributed by atoms with Crippen LogP contribution in [0.2, 0.25) is 18.1 Å². The minimum absolute atomic E-state index is 0.00979. The number of aromatic nitrogens is 3. The van der Waals surface area contributed by atoms with E-state index in [1.165, 1.54) is 27.9 Å². The lowest BCUT2D eigenvalue weighted by Crippen LogP contribution is -2.44. The zero-order valence-electron chi connectivity index (χ0n) is 30.7. The molecule has 0 spiro atoms. The molecule has 52 heavy (non-hydrogen) atoms. The number of hydrogen-bond donors (Lipinski definition) is 2. The Morgan fingerprint density at radius 1 is 1.31 bits per heavy atom. The number of halogens is 3. The van der Waals surface area contributed by atoms with Crippen LogP contribution in [0.5, 0.6) is 0 Å². The van der Waals surface area contributed by atoms with Crippen LogP contribution in [0.3, 0.4) is 0 Å². The van der Waals surface area contributed by atoms with Gasteiger partial charge in [0.1, 0.15) is 31.6 Å². The largest absolute Gasteiger partial charge is 0.471 e. The van der Waals surface area contributed by atoms with Crippen molar-refractivity contribution in [3.63, 3.8) is 0 Å². The lowest BCUT2D eigenvalue weighted by atomic mass is 10.2. The van der Waals surface area contributed by atoms with E-state index in [0.717, 1.165) is 0 Å². The number of ether oxygens (including phenoxy) is 3. The number of aliphatic imine (C=N–C) groups is 1. The van der Waals surface area contributed by atoms with Gasteiger partial charge in [0, 0.05) is 42.9 Å². The van der Waals surface area contributed by atoms with Crippen molar-refractivity contribution in [2.75, 3.05) is 46.5 Å². The molecular formula is C31H46F3N9O6S2Si. The molecule has 1 amide bonds. The Bertz CT molecular complexity index is 1750. The minimum atomic E-state index is -4.94. The summed E-state index contributed by atoms with van der Waals surface area (Å²) in [7, 11) is 3.93. The number of alkyl halides is 3. The van der Waals surface area contributed by atoms with Gasteiger partial charge in [0.25, 0.3) is 5.56 Å². The van der Waals surface area contributed by atoms with E-state index in [1.807, 2.05) is 5.32 Å². The topological polar surface area (TPSA) is 181 Å². The maximum absolute atomic E-state index is 13.4. The summed E-state index contributed by atoms with van der Waals surface area (Å²) in [5.74, 6) is 4.15. The molecule has 15 nitrogen and oxygen atoms in total. The summed E-state index contributed by atoms with van der Waals surface area (Å²) in [6.07, 6.45) is -3.07. The normalized spacial score (nSPS) is 18.3. The molecule has 2 aromatic rings. The van der Waals surface area contributed by atoms with Gasteiger partial charge in [-0.05, 0) is 37.5 Å². The van der Waals surface area contributed by atoms with Gasteiger partial charge in [0.15, 0.2) is 14.0 Å². The van der Waals surface area contributed by atoms with Crippen molar-refractivity contribution >= 4 is 59.1 Å². The van der Waals surface area contributed by atoms with E-state index in [4.69, 9.17) is 24.2 Å². The first kappa shape index (κ1) is 43.2. The zero-order valence-corrected chi connectivity index (χ0v) is 33.3. The van der Waals surface area contributed by atoms with Gasteiger partial charge in [-0.25, -0.2) is 4.99 Å². The number of nitrogens with zero attached hydrogens (tertiary/aromatic N) is 7. The minimum Gasteiger partial charge on any atom is -0.414 e. The highest BCUT2D eigenvalue weighted by Crippen LogP contribution is 2.39. The summed E-state index contributed by atoms with van der Waals surface area (Å²) < 4.78 is 63.0. The SMILES string of the molecule is CN(C)C=Nc1nc2c(c(C#CCOCSSC(C)(C)CNC(=O)C(F)(F)F)cn2[C@H]2CC(OCN=[N+]=[N-])[C@@H](CO[Si](C)(C)C(C)(C)C)O2)c(=O)[nH]1. The van der Waals surface area contributed by atoms with E-state index in [9.17, 15) is 22.8 Å². The molecular weight excluding hydrogens is 744 g/mol. The third-order valence-electron chi connectivity index (χ3n) is 8.14. The number of amides is 1. The second-order valence-electron chi connectivity index (χ2n) is 14.2. The number of nitrogens with one attached hydrogen (secondary N) is 2. The molecule has 0 saturated carbocycles. The van der Waals surface area contributed by atoms with Crippen LogP contribution in [0.25, 0.3) is 21.5 Å². The molecule has 0 bridgehead atoms. The van der Waals surface area contributed by atoms with Crippen LogP contribution in [0.15, 0.2) is 21.1 Å². The standard InChI is InChI=1S/C31H46F3N9O6S2Si/c1-29(2,3)52(8,9)48-15-22-21(47-18-38-41-35)13-23(49-22)43-14-20(24-25(43)39-28(40-26(24)44)37-17-42(6)7)11-10-12-46-19-50-51-30(4,5)16-36-27(45)31(32,33)34/h14,17,21-23H,12-13,15-16,18-19H2,1-9H3,(H,36,45)(H,39,40,44)/t21?,22-,23-/m1/s1. The fraction of sp³-hybridized carbons (Fsp3) is 0.677. The van der Waals surface area contributed by atoms with Crippen molar-refractivity contribution in [1.29, 1.82) is 0 Å². The van der Waals surface area contributed by atoms with Crippen LogP contribution in [0.4, 0.5) is 19.1 Å². The van der Waals surface area contributed by atoms with E-state index in [-0.39, 0.29) is 54.4 Å². The Balaban J connectivity index is 1.82. The van der Waals surface area contributed by atoms with Gasteiger partial charge < -0.3 is 33.4 Å². The average Bonchev–Trinajstić information content (AvgIpc) is 3.61. The summed E-state index contributed by atoms with van der Waals surface area (Å²) in [4.78, 5) is 40.6. The smallest absolute Gasteiger partial charge is 0.414 e. The van der Waals surface area contributed by atoms with Crippen molar-refractivity contribution in [3.8, 4) is 11.8 Å². The molecule has 1 aliphatic heterocycles. The average molecular weight is 790 g/mol. The Labute approximate surface area is 309 Å². The molecule has 0 aliphatic carbocycles. The first-order chi connectivity index (χ1) is 24.1. The van der Waals surface area contributed by atoms with E-state index in [0.29, 0.717) is 12.0 Å². The van der Waals surface area contributed by atoms with Gasteiger partial charge in [-0.2, -0.15) is 18.2 Å². The molecule has 0 aromatic carbocycles. The van der Waals surface area contributed by atoms with Crippen molar-refractivity contribution in [2.45, 2.75) is 88.5 Å². The van der Waals surface area contributed by atoms with Gasteiger partial charge >= 0.3 is 12.1 Å². The van der Waals surface area contributed by atoms with Crippen molar-refractivity contribution in [1.82, 2.24) is 24.8 Å². The van der Waals surface area contributed by atoms with Gasteiger partial charge in [-0.1, -0.05) is 59.3 Å². The van der Waals surface area contributed by atoms with Crippen LogP contribution in [0, 0.1) is 11.8 Å². The number of rotatable bonds is 16. The Morgan fingerprint density at radius 2 is 2.02 bits per heavy atom. The molecule has 1 aliphatic rings. The maximum atomic E-state index is 13.4. The third kappa shape index (κ3) is 12.4. The number of fused-ring (bicyclic) bond motifs is 1. The number of carbonyl (C=O) groups is 1. The highest BCUT2D eigenvalue weighted by atomic mass is 33.1. The first-order valence-electron chi connectivity index (χ1n) is 16.1. The van der Waals surface area contributed by atoms with Gasteiger partial charge in [0.05, 0.1) is 30.0 Å². The van der Waals surface area contributed by atoms with Crippen molar-refractivity contribution in [2.24, 2.45) is 10.1 Å². The number of hydrogen-bond acceptors (Lipinski definition) is 11. The third-order valence-corrected chi connectivity index (χ3v) is 15.6. The fourth-order valence-electron chi connectivity index (χ4n) is 4.41. The number of aromatic amines is 1. The number of H-pyrrole nitrogens is 1. The van der Waals surface area contributed by atoms with E-state index >= 15 is 0 Å². The zero-order chi connectivity index (χ0) is 38.9. The maximum Gasteiger partial charge on any atom is 0.471 e. The quantitative estimate of drug-likeness (QED) is 0.0194. The molecule has 3 atom stereocenters. The van der Waals surface area contributed by atoms with Crippen LogP contribution in [0.1, 0.15) is 52.8 Å². The van der Waals surface area contributed by atoms with Crippen LogP contribution >= 0.6 is 21.6 Å². The molecule has 21 heteroatoms. The fourth-order valence-corrected chi connectivity index (χ4v) is 7.56. The molecule has 288 valence electrons. The van der Waals surface area contributed by atoms with E-state index in [2.05, 4.69) is 70.7 Å². The van der Waals surface area contributed by atoms with E-state index < -0.39 is 49.1 Å². The van der Waals surface area contributed by atoms with Gasteiger partial charge in [-0.15, -0.1) is 0 Å². The molecule has 2 N–H and O–H groups in total. The Kier molecular flexibility index (Phi) is 15.1. The number of azide groups is 1. The summed E-state index contributed by atoms with van der Waals surface area (Å²) in [5.41, 5.74) is 9.01. The molecule has 1 saturated heterocycles. The Hall–Kier alpha value is -3.22. The predicted molar refractivity (Wildman–Crippen MR) is 199 cm³/mol.